The zero-order valence-corrected chi connectivity index (χ0v) is 11.0. The van der Waals surface area contributed by atoms with E-state index >= 15 is 0 Å². The van der Waals surface area contributed by atoms with Crippen molar-refractivity contribution in [2.24, 2.45) is 11.8 Å². The van der Waals surface area contributed by atoms with Gasteiger partial charge in [-0.05, 0) is 54.9 Å². The highest BCUT2D eigenvalue weighted by molar-refractivity contribution is 5.27. The van der Waals surface area contributed by atoms with Gasteiger partial charge in [-0.15, -0.1) is 0 Å². The molecule has 1 aliphatic heterocycles. The fourth-order valence-electron chi connectivity index (χ4n) is 2.71. The summed E-state index contributed by atoms with van der Waals surface area (Å²) in [4.78, 5) is 0. The highest BCUT2D eigenvalue weighted by Crippen LogP contribution is 2.27. The quantitative estimate of drug-likeness (QED) is 0.896. The Labute approximate surface area is 108 Å². The second-order valence-electron chi connectivity index (χ2n) is 5.35. The number of halogens is 1. The molecule has 0 radical (unpaired) electrons. The molecule has 1 fully saturated rings. The number of aliphatic hydroxyl groups excluding tert-OH is 1. The molecule has 0 amide bonds. The van der Waals surface area contributed by atoms with Gasteiger partial charge in [-0.3, -0.25) is 0 Å². The van der Waals surface area contributed by atoms with Crippen LogP contribution in [0, 0.1) is 24.6 Å². The number of aryl methyl sites for hydroxylation is 1. The minimum atomic E-state index is -0.413. The van der Waals surface area contributed by atoms with E-state index < -0.39 is 6.10 Å². The number of hydrogen-bond donors (Lipinski definition) is 1. The third-order valence-electron chi connectivity index (χ3n) is 3.94. The average molecular weight is 252 g/mol. The van der Waals surface area contributed by atoms with Crippen LogP contribution < -0.4 is 0 Å². The van der Waals surface area contributed by atoms with Crippen LogP contribution in [0.3, 0.4) is 0 Å². The van der Waals surface area contributed by atoms with E-state index in [0.29, 0.717) is 25.6 Å². The maximum atomic E-state index is 13.2. The lowest BCUT2D eigenvalue weighted by molar-refractivity contribution is -0.0295. The van der Waals surface area contributed by atoms with Gasteiger partial charge in [0.25, 0.3) is 0 Å². The molecule has 3 atom stereocenters. The monoisotopic (exact) mass is 252 g/mol. The summed E-state index contributed by atoms with van der Waals surface area (Å²) < 4.78 is 18.6. The summed E-state index contributed by atoms with van der Waals surface area (Å²) in [7, 11) is 0. The highest BCUT2D eigenvalue weighted by atomic mass is 19.1. The standard InChI is InChI=1S/C15H21FO2/c1-10-3-4-13(16)7-12(10)8-15(17)14-5-6-18-9-11(14)2/h3-4,7,11,14-15,17H,5-6,8-9H2,1-2H3. The maximum Gasteiger partial charge on any atom is 0.123 e. The van der Waals surface area contributed by atoms with E-state index in [1.807, 2.05) is 6.92 Å². The Bertz CT molecular complexity index is 405. The molecule has 3 heteroatoms. The van der Waals surface area contributed by atoms with Gasteiger partial charge in [0, 0.05) is 13.2 Å². The Kier molecular flexibility index (Phi) is 4.36. The number of aliphatic hydroxyl groups is 1. The van der Waals surface area contributed by atoms with Crippen LogP contribution in [0.1, 0.15) is 24.5 Å². The van der Waals surface area contributed by atoms with Crippen LogP contribution in [0.25, 0.3) is 0 Å². The van der Waals surface area contributed by atoms with Crippen LogP contribution in [0.4, 0.5) is 4.39 Å². The smallest absolute Gasteiger partial charge is 0.123 e. The van der Waals surface area contributed by atoms with Crippen LogP contribution in [-0.2, 0) is 11.2 Å². The molecule has 0 aliphatic carbocycles. The molecule has 1 aromatic rings. The average Bonchev–Trinajstić information content (AvgIpc) is 2.34. The molecular formula is C15H21FO2. The zero-order chi connectivity index (χ0) is 13.1. The fraction of sp³-hybridized carbons (Fsp3) is 0.600. The van der Waals surface area contributed by atoms with Gasteiger partial charge >= 0.3 is 0 Å². The molecule has 1 aromatic carbocycles. The van der Waals surface area contributed by atoms with Crippen LogP contribution >= 0.6 is 0 Å². The molecular weight excluding hydrogens is 231 g/mol. The Morgan fingerprint density at radius 1 is 1.50 bits per heavy atom. The lowest BCUT2D eigenvalue weighted by Gasteiger charge is -2.32. The topological polar surface area (TPSA) is 29.5 Å². The predicted molar refractivity (Wildman–Crippen MR) is 68.9 cm³/mol. The van der Waals surface area contributed by atoms with Crippen molar-refractivity contribution in [2.75, 3.05) is 13.2 Å². The molecule has 0 spiro atoms. The third-order valence-corrected chi connectivity index (χ3v) is 3.94. The van der Waals surface area contributed by atoms with E-state index in [4.69, 9.17) is 4.74 Å². The van der Waals surface area contributed by atoms with Gasteiger partial charge in [-0.1, -0.05) is 13.0 Å². The fourth-order valence-corrected chi connectivity index (χ4v) is 2.71. The SMILES string of the molecule is Cc1ccc(F)cc1CC(O)C1CCOCC1C. The van der Waals surface area contributed by atoms with Crippen LogP contribution in [0.5, 0.6) is 0 Å². The van der Waals surface area contributed by atoms with Gasteiger partial charge in [-0.2, -0.15) is 0 Å². The van der Waals surface area contributed by atoms with Crippen molar-refractivity contribution >= 4 is 0 Å². The minimum absolute atomic E-state index is 0.233. The van der Waals surface area contributed by atoms with Crippen molar-refractivity contribution in [3.63, 3.8) is 0 Å². The molecule has 0 aromatic heterocycles. The number of benzene rings is 1. The third kappa shape index (κ3) is 3.09. The summed E-state index contributed by atoms with van der Waals surface area (Å²) in [6.45, 7) is 5.48. The molecule has 1 N–H and O–H groups in total. The molecule has 2 nitrogen and oxygen atoms in total. The number of hydrogen-bond acceptors (Lipinski definition) is 2. The molecule has 1 saturated heterocycles. The predicted octanol–water partition coefficient (Wildman–Crippen LogP) is 2.71. The molecule has 18 heavy (non-hydrogen) atoms. The van der Waals surface area contributed by atoms with E-state index in [0.717, 1.165) is 17.5 Å². The van der Waals surface area contributed by atoms with E-state index in [1.165, 1.54) is 12.1 Å². The molecule has 1 aliphatic rings. The molecule has 0 bridgehead atoms. The lowest BCUT2D eigenvalue weighted by atomic mass is 9.82. The van der Waals surface area contributed by atoms with Crippen molar-refractivity contribution in [3.8, 4) is 0 Å². The zero-order valence-electron chi connectivity index (χ0n) is 11.0. The van der Waals surface area contributed by atoms with Gasteiger partial charge in [0.1, 0.15) is 5.82 Å². The minimum Gasteiger partial charge on any atom is -0.392 e. The molecule has 3 unspecified atom stereocenters. The van der Waals surface area contributed by atoms with E-state index in [9.17, 15) is 9.50 Å². The molecule has 0 saturated carbocycles. The summed E-state index contributed by atoms with van der Waals surface area (Å²) in [6, 6.07) is 4.76. The second-order valence-corrected chi connectivity index (χ2v) is 5.35. The van der Waals surface area contributed by atoms with Crippen LogP contribution in [-0.4, -0.2) is 24.4 Å². The first-order chi connectivity index (χ1) is 8.58. The Morgan fingerprint density at radius 2 is 2.28 bits per heavy atom. The lowest BCUT2D eigenvalue weighted by Crippen LogP contribution is -2.35. The van der Waals surface area contributed by atoms with Crippen LogP contribution in [0.15, 0.2) is 18.2 Å². The number of rotatable bonds is 3. The highest BCUT2D eigenvalue weighted by Gasteiger charge is 2.28. The van der Waals surface area contributed by atoms with E-state index in [2.05, 4.69) is 6.92 Å². The largest absolute Gasteiger partial charge is 0.392 e. The van der Waals surface area contributed by atoms with Gasteiger partial charge in [0.05, 0.1) is 6.10 Å². The summed E-state index contributed by atoms with van der Waals surface area (Å²) in [6.07, 6.45) is 0.999. The molecule has 100 valence electrons. The summed E-state index contributed by atoms with van der Waals surface area (Å²) >= 11 is 0. The Morgan fingerprint density at radius 3 is 3.00 bits per heavy atom. The van der Waals surface area contributed by atoms with Gasteiger partial charge in [-0.25, -0.2) is 4.39 Å². The van der Waals surface area contributed by atoms with E-state index in [-0.39, 0.29) is 11.7 Å². The first kappa shape index (κ1) is 13.5. The van der Waals surface area contributed by atoms with Crippen molar-refractivity contribution in [1.82, 2.24) is 0 Å². The summed E-state index contributed by atoms with van der Waals surface area (Å²) in [5, 5.41) is 10.3. The number of ether oxygens (including phenoxy) is 1. The maximum absolute atomic E-state index is 13.2. The van der Waals surface area contributed by atoms with Crippen molar-refractivity contribution in [2.45, 2.75) is 32.8 Å². The molecule has 2 rings (SSSR count). The first-order valence-electron chi connectivity index (χ1n) is 6.58. The summed E-state index contributed by atoms with van der Waals surface area (Å²) in [5.41, 5.74) is 1.94. The normalized spacial score (nSPS) is 26.0. The van der Waals surface area contributed by atoms with Gasteiger partial charge in [0.15, 0.2) is 0 Å². The van der Waals surface area contributed by atoms with Crippen molar-refractivity contribution < 1.29 is 14.2 Å². The van der Waals surface area contributed by atoms with E-state index in [1.54, 1.807) is 6.07 Å². The van der Waals surface area contributed by atoms with Gasteiger partial charge < -0.3 is 9.84 Å². The summed E-state index contributed by atoms with van der Waals surface area (Å²) in [5.74, 6) is 0.381. The van der Waals surface area contributed by atoms with Gasteiger partial charge in [0.2, 0.25) is 0 Å². The Hall–Kier alpha value is -0.930. The van der Waals surface area contributed by atoms with Crippen molar-refractivity contribution in [1.29, 1.82) is 0 Å². The van der Waals surface area contributed by atoms with Crippen molar-refractivity contribution in [3.05, 3.63) is 35.1 Å². The Balaban J connectivity index is 2.05. The second kappa shape index (κ2) is 5.81. The van der Waals surface area contributed by atoms with Crippen LogP contribution in [0.2, 0.25) is 0 Å². The molecule has 1 heterocycles. The first-order valence-corrected chi connectivity index (χ1v) is 6.58.